The van der Waals surface area contributed by atoms with Crippen LogP contribution < -0.4 is 14.2 Å². The Balaban J connectivity index is 0.000000159. The molecule has 4 aliphatic rings. The molecule has 0 spiro atoms. The first-order valence-corrected chi connectivity index (χ1v) is 46.5. The second-order valence-electron chi connectivity index (χ2n) is 31.3. The fourth-order valence-corrected chi connectivity index (χ4v) is 15.1. The molecule has 25 nitrogen and oxygen atoms in total. The molecule has 0 atom stereocenters. The maximum absolute atomic E-state index is 11.7. The van der Waals surface area contributed by atoms with Gasteiger partial charge in [0.25, 0.3) is 0 Å². The highest BCUT2D eigenvalue weighted by Crippen LogP contribution is 2.34. The number of likely N-dealkylation sites (tertiary alicyclic amines) is 1. The number of ether oxygens (including phenoxy) is 5. The minimum atomic E-state index is -1.12. The van der Waals surface area contributed by atoms with Gasteiger partial charge in [0, 0.05) is 241 Å². The summed E-state index contributed by atoms with van der Waals surface area (Å²) in [5.41, 5.74) is 11.0. The fourth-order valence-electron chi connectivity index (χ4n) is 13.6. The predicted molar refractivity (Wildman–Crippen MR) is 451 cm³/mol. The van der Waals surface area contributed by atoms with Crippen molar-refractivity contribution in [3.8, 4) is 57.4 Å². The number of benzene rings is 3. The molecule has 602 valence electrons. The van der Waals surface area contributed by atoms with E-state index in [1.807, 2.05) is 140 Å². The smallest absolute Gasteiger partial charge is 0.219 e. The van der Waals surface area contributed by atoms with Crippen LogP contribution in [0.1, 0.15) is 93.8 Å². The minimum absolute atomic E-state index is 0. The average Bonchev–Trinajstić information content (AvgIpc) is 1.66. The summed E-state index contributed by atoms with van der Waals surface area (Å²) in [4.78, 5) is 73.4. The molecular weight excluding hydrogens is 1480 g/mol. The van der Waals surface area contributed by atoms with Gasteiger partial charge in [-0.15, -0.1) is 0 Å². The van der Waals surface area contributed by atoms with Gasteiger partial charge in [0.15, 0.2) is 6.29 Å². The molecule has 15 rings (SSSR count). The standard InChI is InChI=1S/C30H39N5O4Si.C25H26N4O3.C23H25N3O4Si.C8H15NO.CH4/c1-23(36)34-13-5-12-33(14-15-34)20-25-21-38-29-18-26(7-8-27(25)29)39-30-9-6-24(19-31-30)28-10-11-32-35(28)22-37-16-17-40(2,3)4;1-18(30)29-10-2-9-28(11-12-29)16-21-17-31-24-13-22(4-5-23(21)24)32-25-6-3-19(15-27-25)20-7-8-26-14-20;1-31(2,3)11-10-28-16-26-21(8-9-25-26)17-4-7-23(24-13-17)30-19-5-6-20-18(14-27)15-29-22(20)12-19;1-8(10)9-6-4-2-3-5-7-9;/h6-11,18-19,21H,5,12-17,20,22H2,1-4H3;3-8,13,15,17H,2,9-12,14,16H2,1H3;4-9,12-15H,10-11,16H2,1-3H3;2-7H2,1H3;1H4. The minimum Gasteiger partial charge on any atom is -0.464 e. The van der Waals surface area contributed by atoms with Crippen molar-refractivity contribution in [3.05, 3.63) is 181 Å². The molecule has 4 aliphatic heterocycles. The number of allylic oxidation sites excluding steroid dienone is 1. The summed E-state index contributed by atoms with van der Waals surface area (Å²) in [5, 5.41) is 11.7. The molecule has 12 heterocycles. The van der Waals surface area contributed by atoms with E-state index in [2.05, 4.69) is 79.2 Å². The fraction of sp³-hybridized carbons (Fsp3) is 0.402. The first-order valence-electron chi connectivity index (χ1n) is 39.1. The molecule has 0 radical (unpaired) electrons. The third-order valence-corrected chi connectivity index (χ3v) is 23.6. The van der Waals surface area contributed by atoms with Crippen LogP contribution in [-0.2, 0) is 50.4 Å². The summed E-state index contributed by atoms with van der Waals surface area (Å²) >= 11 is 0. The number of aliphatic imine (C=N–C) groups is 1. The SMILES string of the molecule is C.CC(=O)N1CCCCCC1.CC(=O)N1CCCN(Cc2coc3cc(Oc4ccc(-c5ccnn5COCC[Si](C)(C)C)cn4)ccc23)CC1.CC(=O)N1CCCN(Cc2coc3cc(Oc4ccc(C5=CC=NC5)cn4)ccc23)CC1.C[Si](C)(C)CCOCn1nccc1-c1ccc(Oc2ccc3c(C=O)coc3c2)nc1. The van der Waals surface area contributed by atoms with Gasteiger partial charge < -0.3 is 51.6 Å². The molecule has 114 heavy (non-hydrogen) atoms. The van der Waals surface area contributed by atoms with Crippen LogP contribution in [-0.4, -0.2) is 191 Å². The molecule has 8 aromatic heterocycles. The molecule has 3 fully saturated rings. The van der Waals surface area contributed by atoms with Crippen LogP contribution in [0.15, 0.2) is 177 Å². The number of nitrogens with zero attached hydrogens (tertiary/aromatic N) is 13. The third kappa shape index (κ3) is 24.2. The maximum atomic E-state index is 11.7. The van der Waals surface area contributed by atoms with E-state index in [1.54, 1.807) is 63.8 Å². The van der Waals surface area contributed by atoms with Crippen LogP contribution in [0, 0.1) is 0 Å². The first-order chi connectivity index (χ1) is 54.6. The zero-order valence-corrected chi connectivity index (χ0v) is 68.6. The molecule has 11 aromatic rings. The van der Waals surface area contributed by atoms with Gasteiger partial charge in [-0.05, 0) is 122 Å². The van der Waals surface area contributed by atoms with Gasteiger partial charge in [0.05, 0.1) is 36.0 Å². The normalized spacial score (nSPS) is 15.0. The lowest BCUT2D eigenvalue weighted by Gasteiger charge is -2.20. The van der Waals surface area contributed by atoms with Crippen molar-refractivity contribution >= 4 is 84.9 Å². The van der Waals surface area contributed by atoms with E-state index in [0.29, 0.717) is 66.0 Å². The molecule has 27 heteroatoms. The highest BCUT2D eigenvalue weighted by molar-refractivity contribution is 6.76. The second-order valence-corrected chi connectivity index (χ2v) is 42.5. The number of aromatic nitrogens is 7. The molecular formula is C87H109N13O12Si2. The Bertz CT molecular complexity index is 5010. The maximum Gasteiger partial charge on any atom is 0.219 e. The largest absolute Gasteiger partial charge is 0.464 e. The summed E-state index contributed by atoms with van der Waals surface area (Å²) in [7, 11) is -2.23. The van der Waals surface area contributed by atoms with E-state index >= 15 is 0 Å². The monoisotopic (exact) mass is 1580 g/mol. The van der Waals surface area contributed by atoms with E-state index in [9.17, 15) is 19.2 Å². The zero-order valence-electron chi connectivity index (χ0n) is 66.6. The van der Waals surface area contributed by atoms with Gasteiger partial charge in [-0.2, -0.15) is 10.2 Å². The number of furan rings is 3. The van der Waals surface area contributed by atoms with Gasteiger partial charge in [-0.1, -0.05) is 59.6 Å². The number of aldehydes is 1. The van der Waals surface area contributed by atoms with Crippen molar-refractivity contribution in [1.29, 1.82) is 0 Å². The topological polar surface area (TPSA) is 257 Å². The number of fused-ring (bicyclic) bond motifs is 3. The number of hydrogen-bond donors (Lipinski definition) is 0. The quantitative estimate of drug-likeness (QED) is 0.0309. The second kappa shape index (κ2) is 40.4. The van der Waals surface area contributed by atoms with Crippen LogP contribution in [0.4, 0.5) is 0 Å². The Morgan fingerprint density at radius 1 is 0.465 bits per heavy atom. The molecule has 0 N–H and O–H groups in total. The van der Waals surface area contributed by atoms with E-state index in [1.165, 1.54) is 31.9 Å². The average molecular weight is 1590 g/mol. The first kappa shape index (κ1) is 84.2. The van der Waals surface area contributed by atoms with Crippen molar-refractivity contribution in [2.75, 3.05) is 85.2 Å². The van der Waals surface area contributed by atoms with Crippen molar-refractivity contribution in [3.63, 3.8) is 0 Å². The van der Waals surface area contributed by atoms with Crippen molar-refractivity contribution < 1.29 is 56.1 Å². The van der Waals surface area contributed by atoms with Crippen LogP contribution in [0.5, 0.6) is 34.9 Å². The predicted octanol–water partition coefficient (Wildman–Crippen LogP) is 17.6. The van der Waals surface area contributed by atoms with Crippen LogP contribution >= 0.6 is 0 Å². The lowest BCUT2D eigenvalue weighted by Crippen LogP contribution is -2.33. The number of rotatable bonds is 24. The highest BCUT2D eigenvalue weighted by Gasteiger charge is 2.23. The Labute approximate surface area is 669 Å². The summed E-state index contributed by atoms with van der Waals surface area (Å²) in [6, 6.07) is 34.7. The molecule has 0 unspecified atom stereocenters. The Hall–Kier alpha value is -10.7. The summed E-state index contributed by atoms with van der Waals surface area (Å²) in [5.74, 6) is 3.99. The van der Waals surface area contributed by atoms with E-state index < -0.39 is 16.1 Å². The molecule has 3 amide bonds. The highest BCUT2D eigenvalue weighted by atomic mass is 28.3. The molecule has 3 aromatic carbocycles. The van der Waals surface area contributed by atoms with Gasteiger partial charge in [-0.25, -0.2) is 24.3 Å². The van der Waals surface area contributed by atoms with Gasteiger partial charge in [-0.3, -0.25) is 34.0 Å². The molecule has 0 aliphatic carbocycles. The summed E-state index contributed by atoms with van der Waals surface area (Å²) in [6.07, 6.45) is 25.5. The lowest BCUT2D eigenvalue weighted by molar-refractivity contribution is -0.129. The Morgan fingerprint density at radius 3 is 1.28 bits per heavy atom. The van der Waals surface area contributed by atoms with Crippen molar-refractivity contribution in [1.82, 2.24) is 59.0 Å². The lowest BCUT2D eigenvalue weighted by atomic mass is 10.1. The summed E-state index contributed by atoms with van der Waals surface area (Å²) in [6.45, 7) is 32.5. The zero-order chi connectivity index (χ0) is 79.3. The van der Waals surface area contributed by atoms with Gasteiger partial charge >= 0.3 is 0 Å². The Morgan fingerprint density at radius 2 is 0.877 bits per heavy atom. The van der Waals surface area contributed by atoms with Crippen LogP contribution in [0.3, 0.4) is 0 Å². The number of carbonyl (C=O) groups is 4. The third-order valence-electron chi connectivity index (χ3n) is 20.2. The van der Waals surface area contributed by atoms with Gasteiger partial charge in [0.2, 0.25) is 35.4 Å². The van der Waals surface area contributed by atoms with E-state index in [-0.39, 0.29) is 25.1 Å². The Kier molecular flexibility index (Phi) is 29.8. The van der Waals surface area contributed by atoms with Crippen LogP contribution in [0.2, 0.25) is 51.4 Å². The molecule has 0 bridgehead atoms. The number of amides is 3. The molecule has 3 saturated heterocycles. The van der Waals surface area contributed by atoms with Crippen molar-refractivity contribution in [2.24, 2.45) is 4.99 Å². The van der Waals surface area contributed by atoms with E-state index in [0.717, 1.165) is 195 Å². The number of hydrogen-bond acceptors (Lipinski definition) is 20. The van der Waals surface area contributed by atoms with E-state index in [4.69, 9.17) is 36.9 Å². The molecule has 0 saturated carbocycles. The summed E-state index contributed by atoms with van der Waals surface area (Å²) < 4.78 is 50.4. The van der Waals surface area contributed by atoms with Crippen molar-refractivity contribution in [2.45, 2.75) is 145 Å². The number of pyridine rings is 3. The van der Waals surface area contributed by atoms with Crippen LogP contribution in [0.25, 0.3) is 61.0 Å². The van der Waals surface area contributed by atoms with Gasteiger partial charge in [0.1, 0.15) is 53.7 Å². The number of carbonyl (C=O) groups excluding carboxylic acids is 4.